The van der Waals surface area contributed by atoms with Crippen LogP contribution >= 0.6 is 0 Å². The van der Waals surface area contributed by atoms with Crippen LogP contribution in [0.3, 0.4) is 0 Å². The molecule has 1 saturated carbocycles. The molecule has 0 radical (unpaired) electrons. The molecule has 0 N–H and O–H groups in total. The molecule has 0 aromatic heterocycles. The van der Waals surface area contributed by atoms with E-state index in [1.165, 1.54) is 71.9 Å². The van der Waals surface area contributed by atoms with Crippen LogP contribution < -0.4 is 0 Å². The summed E-state index contributed by atoms with van der Waals surface area (Å²) in [6.07, 6.45) is 9.43. The van der Waals surface area contributed by atoms with E-state index in [1.54, 1.807) is 0 Å². The Hall–Kier alpha value is -2.34. The van der Waals surface area contributed by atoms with Gasteiger partial charge in [-0.3, -0.25) is 0 Å². The average Bonchev–Trinajstić information content (AvgIpc) is 2.80. The molecule has 0 spiro atoms. The topological polar surface area (TPSA) is 0 Å². The Morgan fingerprint density at radius 1 is 0.586 bits per heavy atom. The normalized spacial score (nSPS) is 19.2. The van der Waals surface area contributed by atoms with Crippen molar-refractivity contribution in [1.82, 2.24) is 0 Å². The Morgan fingerprint density at radius 2 is 1.03 bits per heavy atom. The predicted octanol–water partition coefficient (Wildman–Crippen LogP) is 8.66. The first-order valence-corrected chi connectivity index (χ1v) is 11.6. The van der Waals surface area contributed by atoms with Gasteiger partial charge in [0.15, 0.2) is 0 Å². The maximum atomic E-state index is 2.37. The van der Waals surface area contributed by atoms with Crippen molar-refractivity contribution in [3.8, 4) is 22.3 Å². The van der Waals surface area contributed by atoms with E-state index in [0.717, 1.165) is 18.3 Å². The number of hydrogen-bond acceptors (Lipinski definition) is 0. The van der Waals surface area contributed by atoms with Gasteiger partial charge in [-0.05, 0) is 77.3 Å². The van der Waals surface area contributed by atoms with E-state index in [1.807, 2.05) is 0 Å². The van der Waals surface area contributed by atoms with Gasteiger partial charge in [0.25, 0.3) is 0 Å². The van der Waals surface area contributed by atoms with Gasteiger partial charge in [0.05, 0.1) is 0 Å². The first kappa shape index (κ1) is 20.0. The summed E-state index contributed by atoms with van der Waals surface area (Å²) >= 11 is 0. The third-order valence-electron chi connectivity index (χ3n) is 6.84. The minimum atomic E-state index is 0.769. The standard InChI is InChI=1S/C29H34/c1-3-5-23-8-12-25(13-9-23)27-16-20-29(21-17-27)28-18-14-26(15-19-28)24-10-6-22(4-2)7-11-24/h6-7,10-11,14-21,23,25H,3-5,8-9,12-13H2,1-2H3. The molecular formula is C29H34. The van der Waals surface area contributed by atoms with Crippen molar-refractivity contribution in [3.63, 3.8) is 0 Å². The molecule has 0 amide bonds. The maximum Gasteiger partial charge on any atom is -0.0162 e. The number of hydrogen-bond donors (Lipinski definition) is 0. The van der Waals surface area contributed by atoms with Crippen molar-refractivity contribution in [2.24, 2.45) is 5.92 Å². The van der Waals surface area contributed by atoms with E-state index in [9.17, 15) is 0 Å². The van der Waals surface area contributed by atoms with Crippen LogP contribution in [0.2, 0.25) is 0 Å². The minimum Gasteiger partial charge on any atom is -0.0654 e. The Labute approximate surface area is 177 Å². The highest BCUT2D eigenvalue weighted by molar-refractivity contribution is 5.70. The molecule has 1 aliphatic carbocycles. The summed E-state index contributed by atoms with van der Waals surface area (Å²) in [6, 6.07) is 27.3. The first-order chi connectivity index (χ1) is 14.3. The van der Waals surface area contributed by atoms with Gasteiger partial charge in [0.2, 0.25) is 0 Å². The van der Waals surface area contributed by atoms with Gasteiger partial charge in [-0.25, -0.2) is 0 Å². The SMILES string of the molecule is CCCC1CCC(c2ccc(-c3ccc(-c4ccc(CC)cc4)cc3)cc2)CC1. The van der Waals surface area contributed by atoms with Gasteiger partial charge in [-0.2, -0.15) is 0 Å². The molecule has 0 atom stereocenters. The van der Waals surface area contributed by atoms with Crippen LogP contribution in [0.25, 0.3) is 22.3 Å². The van der Waals surface area contributed by atoms with Crippen molar-refractivity contribution >= 4 is 0 Å². The molecule has 4 rings (SSSR count). The molecule has 0 unspecified atom stereocenters. The smallest absolute Gasteiger partial charge is 0.0162 e. The molecule has 0 heteroatoms. The fourth-order valence-electron chi connectivity index (χ4n) is 4.93. The largest absolute Gasteiger partial charge is 0.0654 e. The fraction of sp³-hybridized carbons (Fsp3) is 0.379. The lowest BCUT2D eigenvalue weighted by Gasteiger charge is -2.28. The van der Waals surface area contributed by atoms with E-state index in [2.05, 4.69) is 86.6 Å². The Balaban J connectivity index is 1.42. The number of rotatable bonds is 6. The Kier molecular flexibility index (Phi) is 6.49. The predicted molar refractivity (Wildman–Crippen MR) is 126 cm³/mol. The third kappa shape index (κ3) is 4.81. The van der Waals surface area contributed by atoms with Crippen LogP contribution in [0.4, 0.5) is 0 Å². The second kappa shape index (κ2) is 9.44. The van der Waals surface area contributed by atoms with Crippen LogP contribution in [-0.2, 0) is 6.42 Å². The zero-order chi connectivity index (χ0) is 20.1. The summed E-state index contributed by atoms with van der Waals surface area (Å²) in [5.74, 6) is 1.75. The lowest BCUT2D eigenvalue weighted by Crippen LogP contribution is -2.13. The van der Waals surface area contributed by atoms with Gasteiger partial charge in [-0.1, -0.05) is 99.5 Å². The van der Waals surface area contributed by atoms with E-state index in [4.69, 9.17) is 0 Å². The number of benzene rings is 3. The van der Waals surface area contributed by atoms with E-state index in [0.29, 0.717) is 0 Å². The highest BCUT2D eigenvalue weighted by Crippen LogP contribution is 2.38. The summed E-state index contributed by atoms with van der Waals surface area (Å²) in [5, 5.41) is 0. The zero-order valence-electron chi connectivity index (χ0n) is 18.0. The third-order valence-corrected chi connectivity index (χ3v) is 6.84. The average molecular weight is 383 g/mol. The Morgan fingerprint density at radius 3 is 1.48 bits per heavy atom. The molecule has 0 heterocycles. The molecule has 0 bridgehead atoms. The van der Waals surface area contributed by atoms with E-state index >= 15 is 0 Å². The van der Waals surface area contributed by atoms with Crippen molar-refractivity contribution in [3.05, 3.63) is 83.9 Å². The second-order valence-corrected chi connectivity index (χ2v) is 8.76. The fourth-order valence-corrected chi connectivity index (χ4v) is 4.93. The summed E-state index contributed by atoms with van der Waals surface area (Å²) in [6.45, 7) is 4.52. The monoisotopic (exact) mass is 382 g/mol. The molecule has 3 aromatic rings. The highest BCUT2D eigenvalue weighted by Gasteiger charge is 2.21. The van der Waals surface area contributed by atoms with Crippen molar-refractivity contribution in [2.75, 3.05) is 0 Å². The van der Waals surface area contributed by atoms with E-state index < -0.39 is 0 Å². The molecule has 0 nitrogen and oxygen atoms in total. The van der Waals surface area contributed by atoms with Crippen LogP contribution in [-0.4, -0.2) is 0 Å². The summed E-state index contributed by atoms with van der Waals surface area (Å²) in [7, 11) is 0. The van der Waals surface area contributed by atoms with Crippen LogP contribution in [0.5, 0.6) is 0 Å². The first-order valence-electron chi connectivity index (χ1n) is 11.6. The van der Waals surface area contributed by atoms with Gasteiger partial charge in [0, 0.05) is 0 Å². The maximum absolute atomic E-state index is 2.37. The molecule has 150 valence electrons. The second-order valence-electron chi connectivity index (χ2n) is 8.76. The molecule has 1 fully saturated rings. The van der Waals surface area contributed by atoms with Gasteiger partial charge < -0.3 is 0 Å². The molecule has 29 heavy (non-hydrogen) atoms. The highest BCUT2D eigenvalue weighted by atomic mass is 14.3. The van der Waals surface area contributed by atoms with E-state index in [-0.39, 0.29) is 0 Å². The molecule has 0 aliphatic heterocycles. The molecule has 0 saturated heterocycles. The quantitative estimate of drug-likeness (QED) is 0.400. The van der Waals surface area contributed by atoms with Gasteiger partial charge in [0.1, 0.15) is 0 Å². The van der Waals surface area contributed by atoms with Crippen molar-refractivity contribution in [1.29, 1.82) is 0 Å². The number of aryl methyl sites for hydroxylation is 1. The van der Waals surface area contributed by atoms with Gasteiger partial charge in [-0.15, -0.1) is 0 Å². The molecule has 1 aliphatic rings. The lowest BCUT2D eigenvalue weighted by molar-refractivity contribution is 0.308. The summed E-state index contributed by atoms with van der Waals surface area (Å²) < 4.78 is 0. The van der Waals surface area contributed by atoms with Crippen LogP contribution in [0.1, 0.15) is 69.4 Å². The van der Waals surface area contributed by atoms with Gasteiger partial charge >= 0.3 is 0 Å². The lowest BCUT2D eigenvalue weighted by atomic mass is 9.77. The van der Waals surface area contributed by atoms with Crippen molar-refractivity contribution < 1.29 is 0 Å². The summed E-state index contributed by atoms with van der Waals surface area (Å²) in [4.78, 5) is 0. The molecular weight excluding hydrogens is 348 g/mol. The van der Waals surface area contributed by atoms with Crippen LogP contribution in [0, 0.1) is 5.92 Å². The van der Waals surface area contributed by atoms with Crippen LogP contribution in [0.15, 0.2) is 72.8 Å². The summed E-state index contributed by atoms with van der Waals surface area (Å²) in [5.41, 5.74) is 8.14. The van der Waals surface area contributed by atoms with Crippen molar-refractivity contribution in [2.45, 2.75) is 64.7 Å². The Bertz CT molecular complexity index is 876. The zero-order valence-corrected chi connectivity index (χ0v) is 18.0. The minimum absolute atomic E-state index is 0.769. The molecule has 3 aromatic carbocycles.